The number of ether oxygens (including phenoxy) is 1. The molecule has 2 fully saturated rings. The van der Waals surface area contributed by atoms with Gasteiger partial charge in [-0.1, -0.05) is 12.8 Å². The number of nitrogens with one attached hydrogen (secondary N) is 1. The Morgan fingerprint density at radius 3 is 2.20 bits per heavy atom. The fourth-order valence-electron chi connectivity index (χ4n) is 4.43. The summed E-state index contributed by atoms with van der Waals surface area (Å²) in [6.07, 6.45) is -4.88. The maximum Gasteiger partial charge on any atom is 0.417 e. The number of nitrogens with zero attached hydrogens (tertiary/aromatic N) is 1. The zero-order valence-corrected chi connectivity index (χ0v) is 16.5. The molecule has 4 nitrogen and oxygen atoms in total. The molecule has 1 aliphatic heterocycles. The van der Waals surface area contributed by atoms with Crippen LogP contribution < -0.4 is 10.1 Å². The average Bonchev–Trinajstić information content (AvgIpc) is 3.20. The van der Waals surface area contributed by atoms with Crippen molar-refractivity contribution < 1.29 is 35.9 Å². The molecule has 1 N–H and O–H groups in total. The molecule has 0 unspecified atom stereocenters. The number of alkyl halides is 6. The van der Waals surface area contributed by atoms with E-state index in [-0.39, 0.29) is 18.2 Å². The first-order valence-electron chi connectivity index (χ1n) is 9.93. The van der Waals surface area contributed by atoms with Gasteiger partial charge in [-0.2, -0.15) is 26.3 Å². The molecule has 1 aliphatic carbocycles. The molecule has 30 heavy (non-hydrogen) atoms. The van der Waals surface area contributed by atoms with Gasteiger partial charge >= 0.3 is 12.4 Å². The Kier molecular flexibility index (Phi) is 6.54. The van der Waals surface area contributed by atoms with Crippen LogP contribution in [0.1, 0.15) is 60.0 Å². The summed E-state index contributed by atoms with van der Waals surface area (Å²) in [5.74, 6) is -1.81. The standard InChI is InChI=1S/C20H24F6N2O2/c1-30-16-11-12(19(21,22)23)10-13(20(24,25)26)17(16)18(29)27-14-6-2-3-7-15(14)28-8-4-5-9-28/h10-11,14-15H,2-9H2,1H3,(H,27,29)/t14-,15+/m1/s1. The van der Waals surface area contributed by atoms with Crippen molar-refractivity contribution in [2.45, 2.75) is 63.0 Å². The molecule has 168 valence electrons. The van der Waals surface area contributed by atoms with Crippen LogP contribution in [0.4, 0.5) is 26.3 Å². The van der Waals surface area contributed by atoms with Crippen LogP contribution in [0.2, 0.25) is 0 Å². The van der Waals surface area contributed by atoms with Gasteiger partial charge in [0.05, 0.1) is 23.8 Å². The van der Waals surface area contributed by atoms with Gasteiger partial charge in [0.2, 0.25) is 0 Å². The Balaban J connectivity index is 1.95. The molecular formula is C20H24F6N2O2. The number of methoxy groups -OCH3 is 1. The van der Waals surface area contributed by atoms with Gasteiger partial charge in [-0.05, 0) is 50.9 Å². The number of hydrogen-bond donors (Lipinski definition) is 1. The third-order valence-corrected chi connectivity index (χ3v) is 5.84. The van der Waals surface area contributed by atoms with Crippen LogP contribution in [0, 0.1) is 0 Å². The second-order valence-electron chi connectivity index (χ2n) is 7.77. The van der Waals surface area contributed by atoms with Crippen LogP contribution in [0.3, 0.4) is 0 Å². The molecule has 0 aromatic heterocycles. The van der Waals surface area contributed by atoms with E-state index in [2.05, 4.69) is 10.2 Å². The van der Waals surface area contributed by atoms with Crippen LogP contribution >= 0.6 is 0 Å². The number of carbonyl (C=O) groups excluding carboxylic acids is 1. The van der Waals surface area contributed by atoms with Crippen molar-refractivity contribution in [1.82, 2.24) is 10.2 Å². The van der Waals surface area contributed by atoms with Gasteiger partial charge in [-0.25, -0.2) is 0 Å². The summed E-state index contributed by atoms with van der Waals surface area (Å²) >= 11 is 0. The summed E-state index contributed by atoms with van der Waals surface area (Å²) in [7, 11) is 0.945. The van der Waals surface area contributed by atoms with Crippen molar-refractivity contribution >= 4 is 5.91 Å². The van der Waals surface area contributed by atoms with E-state index >= 15 is 0 Å². The second-order valence-corrected chi connectivity index (χ2v) is 7.77. The van der Waals surface area contributed by atoms with E-state index < -0.39 is 40.7 Å². The highest BCUT2D eigenvalue weighted by Crippen LogP contribution is 2.41. The number of benzene rings is 1. The molecule has 0 radical (unpaired) electrons. The highest BCUT2D eigenvalue weighted by atomic mass is 19.4. The summed E-state index contributed by atoms with van der Waals surface area (Å²) in [4.78, 5) is 15.1. The van der Waals surface area contributed by atoms with Gasteiger partial charge in [-0.15, -0.1) is 0 Å². The smallest absolute Gasteiger partial charge is 0.417 e. The number of hydrogen-bond acceptors (Lipinski definition) is 3. The molecule has 1 saturated heterocycles. The highest BCUT2D eigenvalue weighted by molar-refractivity contribution is 5.99. The maximum atomic E-state index is 13.6. The topological polar surface area (TPSA) is 41.6 Å². The minimum absolute atomic E-state index is 0.0139. The van der Waals surface area contributed by atoms with E-state index in [1.807, 2.05) is 0 Å². The fourth-order valence-corrected chi connectivity index (χ4v) is 4.43. The van der Waals surface area contributed by atoms with E-state index in [0.717, 1.165) is 52.3 Å². The second kappa shape index (κ2) is 8.64. The normalized spacial score (nSPS) is 23.4. The number of likely N-dealkylation sites (tertiary alicyclic amines) is 1. The predicted molar refractivity (Wildman–Crippen MR) is 97.3 cm³/mol. The SMILES string of the molecule is COc1cc(C(F)(F)F)cc(C(F)(F)F)c1C(=O)N[C@@H]1CCCC[C@@H]1N1CCCC1. The molecule has 10 heteroatoms. The molecular weight excluding hydrogens is 414 g/mol. The lowest BCUT2D eigenvalue weighted by molar-refractivity contribution is -0.143. The van der Waals surface area contributed by atoms with Crippen LogP contribution in [0.25, 0.3) is 0 Å². The Morgan fingerprint density at radius 1 is 1.00 bits per heavy atom. The zero-order chi connectivity index (χ0) is 22.1. The highest BCUT2D eigenvalue weighted by Gasteiger charge is 2.42. The van der Waals surface area contributed by atoms with Crippen molar-refractivity contribution in [3.8, 4) is 5.75 Å². The van der Waals surface area contributed by atoms with Gasteiger partial charge < -0.3 is 10.1 Å². The summed E-state index contributed by atoms with van der Waals surface area (Å²) in [6, 6.07) is 0.0524. The number of carbonyl (C=O) groups is 1. The number of halogens is 6. The van der Waals surface area contributed by atoms with Crippen LogP contribution in [0.15, 0.2) is 12.1 Å². The summed E-state index contributed by atoms with van der Waals surface area (Å²) in [6.45, 7) is 1.74. The van der Waals surface area contributed by atoms with E-state index in [9.17, 15) is 31.1 Å². The van der Waals surface area contributed by atoms with E-state index in [4.69, 9.17) is 4.74 Å². The zero-order valence-electron chi connectivity index (χ0n) is 16.5. The third-order valence-electron chi connectivity index (χ3n) is 5.84. The van der Waals surface area contributed by atoms with Gasteiger partial charge in [0.15, 0.2) is 0 Å². The molecule has 2 aliphatic rings. The summed E-state index contributed by atoms with van der Waals surface area (Å²) in [5.41, 5.74) is -4.08. The van der Waals surface area contributed by atoms with E-state index in [1.54, 1.807) is 0 Å². The van der Waals surface area contributed by atoms with Crippen LogP contribution in [-0.4, -0.2) is 43.1 Å². The predicted octanol–water partition coefficient (Wildman–Crippen LogP) is 4.87. The van der Waals surface area contributed by atoms with Crippen molar-refractivity contribution in [2.75, 3.05) is 20.2 Å². The molecule has 2 atom stereocenters. The Labute approximate surface area is 170 Å². The molecule has 1 heterocycles. The lowest BCUT2D eigenvalue weighted by atomic mass is 9.88. The first kappa shape index (κ1) is 22.7. The number of amides is 1. The first-order chi connectivity index (χ1) is 14.0. The van der Waals surface area contributed by atoms with Crippen molar-refractivity contribution in [2.24, 2.45) is 0 Å². The van der Waals surface area contributed by atoms with Gasteiger partial charge in [0, 0.05) is 12.1 Å². The fraction of sp³-hybridized carbons (Fsp3) is 0.650. The quantitative estimate of drug-likeness (QED) is 0.682. The molecule has 1 aromatic carbocycles. The first-order valence-corrected chi connectivity index (χ1v) is 9.93. The molecule has 0 bridgehead atoms. The molecule has 1 aromatic rings. The van der Waals surface area contributed by atoms with Crippen LogP contribution in [0.5, 0.6) is 5.75 Å². The number of rotatable bonds is 4. The van der Waals surface area contributed by atoms with Crippen molar-refractivity contribution in [3.05, 3.63) is 28.8 Å². The lowest BCUT2D eigenvalue weighted by Crippen LogP contribution is -2.52. The lowest BCUT2D eigenvalue weighted by Gasteiger charge is -2.38. The molecule has 1 saturated carbocycles. The van der Waals surface area contributed by atoms with Gasteiger partial charge in [-0.3, -0.25) is 9.69 Å². The average molecular weight is 438 g/mol. The van der Waals surface area contributed by atoms with Crippen LogP contribution in [-0.2, 0) is 12.4 Å². The largest absolute Gasteiger partial charge is 0.496 e. The van der Waals surface area contributed by atoms with Gasteiger partial charge in [0.25, 0.3) is 5.91 Å². The Hall–Kier alpha value is -1.97. The van der Waals surface area contributed by atoms with Gasteiger partial charge in [0.1, 0.15) is 5.75 Å². The molecule has 1 amide bonds. The van der Waals surface area contributed by atoms with Crippen molar-refractivity contribution in [1.29, 1.82) is 0 Å². The molecule has 3 rings (SSSR count). The monoisotopic (exact) mass is 438 g/mol. The third kappa shape index (κ3) is 4.84. The molecule has 0 spiro atoms. The van der Waals surface area contributed by atoms with Crippen molar-refractivity contribution in [3.63, 3.8) is 0 Å². The van der Waals surface area contributed by atoms with E-state index in [0.29, 0.717) is 12.5 Å². The summed E-state index contributed by atoms with van der Waals surface area (Å²) in [5, 5.41) is 2.67. The maximum absolute atomic E-state index is 13.6. The summed E-state index contributed by atoms with van der Waals surface area (Å²) < 4.78 is 84.8. The minimum Gasteiger partial charge on any atom is -0.496 e. The minimum atomic E-state index is -5.15. The van der Waals surface area contributed by atoms with E-state index in [1.165, 1.54) is 0 Å². The Morgan fingerprint density at radius 2 is 1.63 bits per heavy atom. The Bertz CT molecular complexity index is 772.